The molecule has 0 aliphatic carbocycles. The Labute approximate surface area is 166 Å². The summed E-state index contributed by atoms with van der Waals surface area (Å²) >= 11 is 20.6. The molecule has 0 aliphatic rings. The summed E-state index contributed by atoms with van der Waals surface area (Å²) in [6.07, 6.45) is 0. The molecule has 1 aromatic heterocycles. The lowest BCUT2D eigenvalue weighted by molar-refractivity contribution is 1.05. The second-order valence-corrected chi connectivity index (χ2v) is 8.24. The van der Waals surface area contributed by atoms with Crippen LogP contribution < -0.4 is 0 Å². The van der Waals surface area contributed by atoms with E-state index in [2.05, 4.69) is 80.8 Å². The van der Waals surface area contributed by atoms with Crippen LogP contribution in [0.2, 0.25) is 5.15 Å². The van der Waals surface area contributed by atoms with Crippen molar-refractivity contribution in [3.63, 3.8) is 0 Å². The number of benzene rings is 2. The molecule has 0 saturated carbocycles. The summed E-state index contributed by atoms with van der Waals surface area (Å²) in [5, 5.41) is 10.5. The SMILES string of the molecule is Cc1ccc(-c2nnc(Cl)c3c(Br)c(Br)c(Br)c(Br)c23)cc1. The van der Waals surface area contributed by atoms with Gasteiger partial charge in [-0.1, -0.05) is 41.4 Å². The predicted octanol–water partition coefficient (Wildman–Crippen LogP) is 7.31. The van der Waals surface area contributed by atoms with E-state index in [9.17, 15) is 0 Å². The van der Waals surface area contributed by atoms with Crippen molar-refractivity contribution >= 4 is 86.1 Å². The van der Waals surface area contributed by atoms with Gasteiger partial charge in [0.15, 0.2) is 5.15 Å². The van der Waals surface area contributed by atoms with Gasteiger partial charge >= 0.3 is 0 Å². The summed E-state index contributed by atoms with van der Waals surface area (Å²) in [5.74, 6) is 0. The summed E-state index contributed by atoms with van der Waals surface area (Å²) in [4.78, 5) is 0. The number of fused-ring (bicyclic) bond motifs is 1. The fourth-order valence-corrected chi connectivity index (χ4v) is 4.99. The van der Waals surface area contributed by atoms with Crippen LogP contribution in [0.25, 0.3) is 22.0 Å². The monoisotopic (exact) mass is 566 g/mol. The summed E-state index contributed by atoms with van der Waals surface area (Å²) in [6, 6.07) is 8.16. The third kappa shape index (κ3) is 2.77. The molecule has 0 fully saturated rings. The normalized spacial score (nSPS) is 11.2. The third-order valence-corrected chi connectivity index (χ3v) is 8.31. The molecule has 2 nitrogen and oxygen atoms in total. The Morgan fingerprint density at radius 3 is 1.91 bits per heavy atom. The predicted molar refractivity (Wildman–Crippen MR) is 106 cm³/mol. The van der Waals surface area contributed by atoms with Crippen LogP contribution in [0, 0.1) is 6.92 Å². The van der Waals surface area contributed by atoms with Crippen LogP contribution in [0.15, 0.2) is 42.2 Å². The Hall–Kier alpha value is -0.0100. The fraction of sp³-hybridized carbons (Fsp3) is 0.0667. The second kappa shape index (κ2) is 6.48. The summed E-state index contributed by atoms with van der Waals surface area (Å²) < 4.78 is 3.48. The first kappa shape index (κ1) is 16.8. The molecule has 7 heteroatoms. The number of hydrogen-bond acceptors (Lipinski definition) is 2. The molecule has 22 heavy (non-hydrogen) atoms. The third-order valence-electron chi connectivity index (χ3n) is 3.27. The standard InChI is InChI=1S/C15H7Br4ClN2/c1-6-2-4-7(5-3-6)14-8-9(15(20)22-21-14)11(17)13(19)12(18)10(8)16/h2-5H,1H3. The lowest BCUT2D eigenvalue weighted by Crippen LogP contribution is -1.95. The summed E-state index contributed by atoms with van der Waals surface area (Å²) in [5.41, 5.74) is 2.96. The van der Waals surface area contributed by atoms with Gasteiger partial charge in [-0.25, -0.2) is 0 Å². The molecular weight excluding hydrogens is 563 g/mol. The highest BCUT2D eigenvalue weighted by Gasteiger charge is 2.21. The maximum atomic E-state index is 6.28. The minimum Gasteiger partial charge on any atom is -0.148 e. The van der Waals surface area contributed by atoms with Crippen molar-refractivity contribution in [1.29, 1.82) is 0 Å². The van der Waals surface area contributed by atoms with Gasteiger partial charge in [-0.3, -0.25) is 0 Å². The molecule has 0 amide bonds. The Kier molecular flexibility index (Phi) is 4.95. The first-order valence-electron chi connectivity index (χ1n) is 6.16. The quantitative estimate of drug-likeness (QED) is 0.227. The first-order valence-corrected chi connectivity index (χ1v) is 9.71. The van der Waals surface area contributed by atoms with E-state index in [1.807, 2.05) is 24.3 Å². The van der Waals surface area contributed by atoms with E-state index in [1.54, 1.807) is 0 Å². The first-order chi connectivity index (χ1) is 10.4. The number of hydrogen-bond donors (Lipinski definition) is 0. The zero-order valence-electron chi connectivity index (χ0n) is 11.1. The van der Waals surface area contributed by atoms with Crippen LogP contribution in [0.3, 0.4) is 0 Å². The smallest absolute Gasteiger partial charge is 0.148 e. The number of aromatic nitrogens is 2. The number of aryl methyl sites for hydroxylation is 1. The van der Waals surface area contributed by atoms with E-state index in [0.717, 1.165) is 39.9 Å². The number of nitrogens with zero attached hydrogens (tertiary/aromatic N) is 2. The zero-order valence-corrected chi connectivity index (χ0v) is 18.2. The van der Waals surface area contributed by atoms with E-state index >= 15 is 0 Å². The van der Waals surface area contributed by atoms with Gasteiger partial charge in [0.25, 0.3) is 0 Å². The topological polar surface area (TPSA) is 25.8 Å². The molecule has 0 spiro atoms. The molecule has 0 aliphatic heterocycles. The van der Waals surface area contributed by atoms with Gasteiger partial charge in [0.2, 0.25) is 0 Å². The van der Waals surface area contributed by atoms with Crippen LogP contribution in [0.1, 0.15) is 5.56 Å². The van der Waals surface area contributed by atoms with Crippen LogP contribution in [0.5, 0.6) is 0 Å². The molecular formula is C15H7Br4ClN2. The molecule has 0 N–H and O–H groups in total. The second-order valence-electron chi connectivity index (χ2n) is 4.71. The van der Waals surface area contributed by atoms with Crippen molar-refractivity contribution in [2.45, 2.75) is 6.92 Å². The van der Waals surface area contributed by atoms with Gasteiger partial charge in [0.05, 0.1) is 0 Å². The van der Waals surface area contributed by atoms with Gasteiger partial charge in [0.1, 0.15) is 5.69 Å². The summed E-state index contributed by atoms with van der Waals surface area (Å²) in [6.45, 7) is 2.05. The van der Waals surface area contributed by atoms with Crippen molar-refractivity contribution in [2.24, 2.45) is 0 Å². The van der Waals surface area contributed by atoms with E-state index in [-0.39, 0.29) is 0 Å². The molecule has 2 aromatic carbocycles. The molecule has 0 atom stereocenters. The largest absolute Gasteiger partial charge is 0.160 e. The van der Waals surface area contributed by atoms with E-state index < -0.39 is 0 Å². The minimum atomic E-state index is 0.353. The van der Waals surface area contributed by atoms with Gasteiger partial charge < -0.3 is 0 Å². The molecule has 0 radical (unpaired) electrons. The van der Waals surface area contributed by atoms with Crippen molar-refractivity contribution < 1.29 is 0 Å². The zero-order chi connectivity index (χ0) is 16.0. The Morgan fingerprint density at radius 2 is 1.32 bits per heavy atom. The van der Waals surface area contributed by atoms with Crippen LogP contribution in [-0.4, -0.2) is 10.2 Å². The van der Waals surface area contributed by atoms with Gasteiger partial charge in [-0.2, -0.15) is 0 Å². The average molecular weight is 570 g/mol. The highest BCUT2D eigenvalue weighted by molar-refractivity contribution is 9.15. The maximum absolute atomic E-state index is 6.28. The van der Waals surface area contributed by atoms with Crippen LogP contribution in [-0.2, 0) is 0 Å². The molecule has 1 heterocycles. The fourth-order valence-electron chi connectivity index (χ4n) is 2.16. The Bertz CT molecular complexity index is 895. The molecule has 112 valence electrons. The molecule has 0 unspecified atom stereocenters. The number of halogens is 5. The van der Waals surface area contributed by atoms with Gasteiger partial charge in [-0.15, -0.1) is 10.2 Å². The van der Waals surface area contributed by atoms with Crippen molar-refractivity contribution in [2.75, 3.05) is 0 Å². The van der Waals surface area contributed by atoms with Crippen molar-refractivity contribution in [3.8, 4) is 11.3 Å². The molecule has 0 bridgehead atoms. The molecule has 3 rings (SSSR count). The minimum absolute atomic E-state index is 0.353. The van der Waals surface area contributed by atoms with Crippen LogP contribution >= 0.6 is 75.3 Å². The van der Waals surface area contributed by atoms with Gasteiger partial charge in [0, 0.05) is 34.2 Å². The Morgan fingerprint density at radius 1 is 0.773 bits per heavy atom. The van der Waals surface area contributed by atoms with Crippen LogP contribution in [0.4, 0.5) is 0 Å². The lowest BCUT2D eigenvalue weighted by atomic mass is 10.0. The summed E-state index contributed by atoms with van der Waals surface area (Å²) in [7, 11) is 0. The lowest BCUT2D eigenvalue weighted by Gasteiger charge is -2.13. The van der Waals surface area contributed by atoms with Crippen molar-refractivity contribution in [1.82, 2.24) is 10.2 Å². The van der Waals surface area contributed by atoms with E-state index in [0.29, 0.717) is 5.15 Å². The van der Waals surface area contributed by atoms with Crippen molar-refractivity contribution in [3.05, 3.63) is 52.9 Å². The van der Waals surface area contributed by atoms with E-state index in [1.165, 1.54) is 5.56 Å². The average Bonchev–Trinajstić information content (AvgIpc) is 2.51. The highest BCUT2D eigenvalue weighted by Crippen LogP contribution is 2.47. The number of rotatable bonds is 1. The maximum Gasteiger partial charge on any atom is 0.160 e. The van der Waals surface area contributed by atoms with E-state index in [4.69, 9.17) is 11.6 Å². The Balaban J connectivity index is 2.47. The molecule has 3 aromatic rings. The van der Waals surface area contributed by atoms with Gasteiger partial charge in [-0.05, 0) is 70.6 Å². The molecule has 0 saturated heterocycles. The highest BCUT2D eigenvalue weighted by atomic mass is 79.9.